The summed E-state index contributed by atoms with van der Waals surface area (Å²) in [5.41, 5.74) is 8.59. The number of benzene rings is 4. The Morgan fingerprint density at radius 3 is 1.30 bits per heavy atom. The molecule has 2 aromatic heterocycles. The molecule has 0 amide bonds. The van der Waals surface area contributed by atoms with Gasteiger partial charge in [-0.15, -0.1) is 0 Å². The summed E-state index contributed by atoms with van der Waals surface area (Å²) in [6.07, 6.45) is 0. The summed E-state index contributed by atoms with van der Waals surface area (Å²) >= 11 is 3.44. The molecule has 2 heterocycles. The van der Waals surface area contributed by atoms with E-state index >= 15 is 0 Å². The first kappa shape index (κ1) is 35.1. The Morgan fingerprint density at radius 1 is 0.568 bits per heavy atom. The summed E-state index contributed by atoms with van der Waals surface area (Å²) in [6.45, 7) is 20.3. The molecule has 210 valence electrons. The fourth-order valence-corrected chi connectivity index (χ4v) is 4.59. The van der Waals surface area contributed by atoms with Crippen LogP contribution in [0.1, 0.15) is 11.5 Å². The molecule has 9 heteroatoms. The molecule has 0 aliphatic heterocycles. The first-order valence-corrected chi connectivity index (χ1v) is 13.6. The van der Waals surface area contributed by atoms with Gasteiger partial charge in [0, 0.05) is 15.6 Å². The fraction of sp³-hybridized carbons (Fsp3) is 0.0571. The van der Waals surface area contributed by atoms with E-state index < -0.39 is 0 Å². The summed E-state index contributed by atoms with van der Waals surface area (Å²) in [7, 11) is 0. The van der Waals surface area contributed by atoms with E-state index in [-0.39, 0.29) is 19.5 Å². The number of halogens is 1. The van der Waals surface area contributed by atoms with Crippen LogP contribution < -0.4 is 0 Å². The SMILES string of the molecule is Cc1onc(-c2ccc(Br)cc2)c1-c1ccccc1.[C-]#N.[C-]#N.[C-]#[N+]c1ccc(-c2noc(C)c2-c2ccccc2)cc1.[Zn+2]. The first-order chi connectivity index (χ1) is 21.0. The van der Waals surface area contributed by atoms with Crippen LogP contribution in [0.2, 0.25) is 0 Å². The van der Waals surface area contributed by atoms with Crippen molar-refractivity contribution in [3.63, 3.8) is 0 Å². The maximum atomic E-state index is 6.99. The van der Waals surface area contributed by atoms with Gasteiger partial charge in [0.2, 0.25) is 0 Å². The molecule has 6 aromatic rings. The summed E-state index contributed by atoms with van der Waals surface area (Å²) in [5, 5.41) is 20.9. The monoisotopic (exact) mass is 689 g/mol. The standard InChI is InChI=1S/C17H12N2O.C16H12BrNO.2CN.Zn/c1-12-16(13-6-4-3-5-7-13)17(19-20-12)14-8-10-15(18-2)11-9-14;1-11-15(12-5-3-2-4-6-12)16(18-19-11)13-7-9-14(17)10-8-13;2*1-2;/h3-11H,1H3;2-10H,1H3;;;/q;;2*-1;+2. The van der Waals surface area contributed by atoms with Crippen molar-refractivity contribution in [3.8, 4) is 44.8 Å². The van der Waals surface area contributed by atoms with E-state index in [2.05, 4.69) is 43.2 Å². The smallest absolute Gasteiger partial charge is 0.512 e. The van der Waals surface area contributed by atoms with Crippen molar-refractivity contribution in [2.75, 3.05) is 0 Å². The molecule has 0 saturated heterocycles. The molecule has 0 aliphatic carbocycles. The van der Waals surface area contributed by atoms with Gasteiger partial charge in [-0.05, 0) is 37.1 Å². The minimum Gasteiger partial charge on any atom is -0.512 e. The van der Waals surface area contributed by atoms with E-state index in [1.54, 1.807) is 12.1 Å². The van der Waals surface area contributed by atoms with Crippen LogP contribution in [-0.2, 0) is 19.5 Å². The van der Waals surface area contributed by atoms with Gasteiger partial charge in [-0.2, -0.15) is 0 Å². The van der Waals surface area contributed by atoms with Gasteiger partial charge in [-0.3, -0.25) is 0 Å². The maximum absolute atomic E-state index is 6.99. The van der Waals surface area contributed by atoms with Crippen LogP contribution >= 0.6 is 15.9 Å². The zero-order chi connectivity index (χ0) is 31.2. The predicted molar refractivity (Wildman–Crippen MR) is 168 cm³/mol. The molecule has 6 rings (SSSR count). The van der Waals surface area contributed by atoms with Crippen molar-refractivity contribution in [2.24, 2.45) is 0 Å². The summed E-state index contributed by atoms with van der Waals surface area (Å²) < 4.78 is 11.8. The second kappa shape index (κ2) is 17.7. The average molecular weight is 692 g/mol. The molecule has 0 saturated carbocycles. The van der Waals surface area contributed by atoms with Crippen molar-refractivity contribution in [1.82, 2.24) is 10.3 Å². The number of aryl methyl sites for hydroxylation is 2. The third-order valence-corrected chi connectivity index (χ3v) is 6.77. The van der Waals surface area contributed by atoms with Crippen LogP contribution in [0.3, 0.4) is 0 Å². The Morgan fingerprint density at radius 2 is 0.932 bits per heavy atom. The molecule has 0 bridgehead atoms. The molecule has 4 aromatic carbocycles. The Balaban J connectivity index is 0.000000271. The average Bonchev–Trinajstić information content (AvgIpc) is 3.66. The van der Waals surface area contributed by atoms with E-state index in [0.717, 1.165) is 60.8 Å². The molecule has 0 fully saturated rings. The Hall–Kier alpha value is -5.13. The van der Waals surface area contributed by atoms with Gasteiger partial charge in [-0.25, -0.2) is 4.85 Å². The van der Waals surface area contributed by atoms with E-state index in [4.69, 9.17) is 39.3 Å². The zero-order valence-electron chi connectivity index (χ0n) is 24.0. The van der Waals surface area contributed by atoms with Gasteiger partial charge in [0.05, 0.1) is 17.7 Å². The molecule has 0 radical (unpaired) electrons. The van der Waals surface area contributed by atoms with Gasteiger partial charge >= 0.3 is 19.5 Å². The van der Waals surface area contributed by atoms with Crippen LogP contribution in [0.25, 0.3) is 49.6 Å². The third kappa shape index (κ3) is 8.46. The van der Waals surface area contributed by atoms with E-state index in [9.17, 15) is 0 Å². The van der Waals surface area contributed by atoms with Crippen LogP contribution in [0.5, 0.6) is 0 Å². The molecular weight excluding hydrogens is 668 g/mol. The van der Waals surface area contributed by atoms with E-state index in [1.165, 1.54) is 0 Å². The molecule has 7 nitrogen and oxygen atoms in total. The molecule has 0 aliphatic rings. The minimum absolute atomic E-state index is 0. The van der Waals surface area contributed by atoms with Crippen LogP contribution in [0.4, 0.5) is 5.69 Å². The van der Waals surface area contributed by atoms with E-state index in [1.807, 2.05) is 98.8 Å². The van der Waals surface area contributed by atoms with E-state index in [0.29, 0.717) is 5.69 Å². The van der Waals surface area contributed by atoms with Crippen LogP contribution in [0, 0.1) is 44.1 Å². The molecule has 44 heavy (non-hydrogen) atoms. The van der Waals surface area contributed by atoms with Crippen molar-refractivity contribution in [1.29, 1.82) is 10.5 Å². The Kier molecular flexibility index (Phi) is 14.1. The topological polar surface area (TPSA) is 104 Å². The molecule has 0 spiro atoms. The molecular formula is C35H24BrN5O2Zn. The quantitative estimate of drug-likeness (QED) is 0.135. The number of rotatable bonds is 4. The van der Waals surface area contributed by atoms with Gasteiger partial charge in [0.1, 0.15) is 22.9 Å². The van der Waals surface area contributed by atoms with Crippen LogP contribution in [-0.4, -0.2) is 10.3 Å². The number of nitrogens with zero attached hydrogens (tertiary/aromatic N) is 5. The Labute approximate surface area is 278 Å². The fourth-order valence-electron chi connectivity index (χ4n) is 4.33. The maximum Gasteiger partial charge on any atom is 2.00 e. The first-order valence-electron chi connectivity index (χ1n) is 12.8. The van der Waals surface area contributed by atoms with Crippen molar-refractivity contribution >= 4 is 21.6 Å². The molecule has 0 atom stereocenters. The second-order valence-electron chi connectivity index (χ2n) is 8.82. The number of aromatic nitrogens is 2. The normalized spacial score (nSPS) is 9.32. The van der Waals surface area contributed by atoms with Crippen molar-refractivity contribution < 1.29 is 28.5 Å². The van der Waals surface area contributed by atoms with Gasteiger partial charge in [-0.1, -0.05) is 123 Å². The number of hydrogen-bond donors (Lipinski definition) is 0. The minimum atomic E-state index is 0. The molecule has 0 unspecified atom stereocenters. The van der Waals surface area contributed by atoms with Crippen LogP contribution in [0.15, 0.2) is 123 Å². The molecule has 0 N–H and O–H groups in total. The summed E-state index contributed by atoms with van der Waals surface area (Å²) in [5.74, 6) is 1.63. The van der Waals surface area contributed by atoms with Crippen molar-refractivity contribution in [2.45, 2.75) is 13.8 Å². The van der Waals surface area contributed by atoms with Crippen molar-refractivity contribution in [3.05, 3.63) is 150 Å². The van der Waals surface area contributed by atoms with Gasteiger partial charge in [0.15, 0.2) is 5.69 Å². The van der Waals surface area contributed by atoms with Gasteiger partial charge < -0.3 is 32.7 Å². The second-order valence-corrected chi connectivity index (χ2v) is 9.74. The predicted octanol–water partition coefficient (Wildman–Crippen LogP) is 10.1. The third-order valence-electron chi connectivity index (χ3n) is 6.24. The van der Waals surface area contributed by atoms with Gasteiger partial charge in [0.25, 0.3) is 0 Å². The summed E-state index contributed by atoms with van der Waals surface area (Å²) in [6, 6.07) is 35.7. The zero-order valence-corrected chi connectivity index (χ0v) is 28.6. The Bertz CT molecular complexity index is 1820. The summed E-state index contributed by atoms with van der Waals surface area (Å²) in [4.78, 5) is 3.40. The number of hydrogen-bond acceptors (Lipinski definition) is 6. The largest absolute Gasteiger partial charge is 2.00 e.